The van der Waals surface area contributed by atoms with Crippen LogP contribution >= 0.6 is 0 Å². The minimum Gasteiger partial charge on any atom is -0.396 e. The molecule has 1 aliphatic rings. The molecule has 1 fully saturated rings. The first-order valence-corrected chi connectivity index (χ1v) is 8.10. The van der Waals surface area contributed by atoms with Gasteiger partial charge in [0.15, 0.2) is 0 Å². The minimum absolute atomic E-state index is 0.111. The number of H-pyrrole nitrogens is 1. The summed E-state index contributed by atoms with van der Waals surface area (Å²) >= 11 is 0. The molecule has 0 spiro atoms. The molecular formula is C18H22N2O3. The van der Waals surface area contributed by atoms with Gasteiger partial charge in [-0.15, -0.1) is 0 Å². The highest BCUT2D eigenvalue weighted by Gasteiger charge is 2.27. The van der Waals surface area contributed by atoms with Crippen LogP contribution in [0.4, 0.5) is 0 Å². The van der Waals surface area contributed by atoms with Crippen LogP contribution in [0, 0.1) is 5.92 Å². The summed E-state index contributed by atoms with van der Waals surface area (Å²) < 4.78 is 0. The highest BCUT2D eigenvalue weighted by Crippen LogP contribution is 2.28. The maximum atomic E-state index is 12.9. The van der Waals surface area contributed by atoms with Crippen molar-refractivity contribution in [1.82, 2.24) is 9.88 Å². The molecule has 1 aromatic carbocycles. The summed E-state index contributed by atoms with van der Waals surface area (Å²) in [6.45, 7) is 0.225. The number of carbonyl (C=O) groups is 1. The summed E-state index contributed by atoms with van der Waals surface area (Å²) in [7, 11) is 1.81. The molecule has 3 rings (SSSR count). The number of aromatic amines is 1. The number of nitrogens with one attached hydrogen (secondary N) is 1. The summed E-state index contributed by atoms with van der Waals surface area (Å²) in [6, 6.07) is 8.93. The molecule has 0 radical (unpaired) electrons. The molecule has 23 heavy (non-hydrogen) atoms. The molecule has 1 aliphatic carbocycles. The van der Waals surface area contributed by atoms with E-state index in [1.165, 1.54) is 6.07 Å². The normalized spacial score (nSPS) is 21.3. The number of rotatable bonds is 3. The molecule has 2 aromatic rings. The first kappa shape index (κ1) is 15.7. The Kier molecular flexibility index (Phi) is 4.48. The van der Waals surface area contributed by atoms with Crippen LogP contribution in [0.3, 0.4) is 0 Å². The van der Waals surface area contributed by atoms with Gasteiger partial charge in [-0.05, 0) is 37.7 Å². The van der Waals surface area contributed by atoms with Gasteiger partial charge in [0.1, 0.15) is 0 Å². The van der Waals surface area contributed by atoms with Crippen LogP contribution in [-0.4, -0.2) is 40.6 Å². The number of fused-ring (bicyclic) bond motifs is 1. The number of benzene rings is 1. The Bertz CT molecular complexity index is 760. The second-order valence-electron chi connectivity index (χ2n) is 6.37. The molecule has 1 aromatic heterocycles. The van der Waals surface area contributed by atoms with E-state index in [-0.39, 0.29) is 24.1 Å². The molecule has 1 amide bonds. The van der Waals surface area contributed by atoms with E-state index in [9.17, 15) is 14.7 Å². The fourth-order valence-corrected chi connectivity index (χ4v) is 3.45. The standard InChI is InChI=1S/C18H22N2O3/c1-20(13-8-6-12(11-21)7-9-13)18(23)15-10-17(22)19-16-5-3-2-4-14(15)16/h2-5,10,12-13,21H,6-9,11H2,1H3,(H,19,22). The van der Waals surface area contributed by atoms with Crippen molar-refractivity contribution in [2.45, 2.75) is 31.7 Å². The number of aliphatic hydroxyl groups excluding tert-OH is 1. The molecule has 5 heteroatoms. The zero-order valence-corrected chi connectivity index (χ0v) is 13.3. The number of nitrogens with zero attached hydrogens (tertiary/aromatic N) is 1. The van der Waals surface area contributed by atoms with Gasteiger partial charge in [-0.2, -0.15) is 0 Å². The highest BCUT2D eigenvalue weighted by molar-refractivity contribution is 6.05. The number of aliphatic hydroxyl groups is 1. The quantitative estimate of drug-likeness (QED) is 0.911. The van der Waals surface area contributed by atoms with Gasteiger partial charge >= 0.3 is 0 Å². The van der Waals surface area contributed by atoms with Crippen LogP contribution in [0.15, 0.2) is 35.1 Å². The SMILES string of the molecule is CN(C(=O)c1cc(=O)[nH]c2ccccc12)C1CCC(CO)CC1. The van der Waals surface area contributed by atoms with E-state index in [0.29, 0.717) is 17.0 Å². The van der Waals surface area contributed by atoms with Crippen LogP contribution in [-0.2, 0) is 0 Å². The van der Waals surface area contributed by atoms with Crippen molar-refractivity contribution in [3.05, 3.63) is 46.2 Å². The van der Waals surface area contributed by atoms with Crippen LogP contribution in [0.1, 0.15) is 36.0 Å². The van der Waals surface area contributed by atoms with Crippen molar-refractivity contribution < 1.29 is 9.90 Å². The molecule has 5 nitrogen and oxygen atoms in total. The van der Waals surface area contributed by atoms with Crippen LogP contribution in [0.25, 0.3) is 10.9 Å². The Morgan fingerprint density at radius 1 is 1.26 bits per heavy atom. The number of aromatic nitrogens is 1. The van der Waals surface area contributed by atoms with Crippen molar-refractivity contribution in [2.24, 2.45) is 5.92 Å². The van der Waals surface area contributed by atoms with E-state index in [4.69, 9.17) is 0 Å². The van der Waals surface area contributed by atoms with Crippen LogP contribution in [0.2, 0.25) is 0 Å². The van der Waals surface area contributed by atoms with Crippen molar-refractivity contribution >= 4 is 16.8 Å². The van der Waals surface area contributed by atoms with Crippen molar-refractivity contribution in [3.8, 4) is 0 Å². The predicted octanol–water partition coefficient (Wildman–Crippen LogP) is 2.15. The first-order chi connectivity index (χ1) is 11.1. The molecular weight excluding hydrogens is 292 g/mol. The fraction of sp³-hybridized carbons (Fsp3) is 0.444. The lowest BCUT2D eigenvalue weighted by atomic mass is 9.86. The Morgan fingerprint density at radius 3 is 2.65 bits per heavy atom. The number of carbonyl (C=O) groups excluding carboxylic acids is 1. The average molecular weight is 314 g/mol. The van der Waals surface area contributed by atoms with E-state index in [1.807, 2.05) is 25.2 Å². The molecule has 1 heterocycles. The zero-order valence-electron chi connectivity index (χ0n) is 13.3. The van der Waals surface area contributed by atoms with E-state index in [1.54, 1.807) is 11.0 Å². The molecule has 0 bridgehead atoms. The topological polar surface area (TPSA) is 73.4 Å². The molecule has 122 valence electrons. The van der Waals surface area contributed by atoms with Gasteiger partial charge < -0.3 is 15.0 Å². The van der Waals surface area contributed by atoms with E-state index in [2.05, 4.69) is 4.98 Å². The highest BCUT2D eigenvalue weighted by atomic mass is 16.3. The first-order valence-electron chi connectivity index (χ1n) is 8.10. The Morgan fingerprint density at radius 2 is 1.96 bits per heavy atom. The molecule has 0 saturated heterocycles. The Hall–Kier alpha value is -2.14. The molecule has 1 saturated carbocycles. The van der Waals surface area contributed by atoms with E-state index >= 15 is 0 Å². The number of pyridine rings is 1. The van der Waals surface area contributed by atoms with Gasteiger partial charge in [0.2, 0.25) is 5.56 Å². The summed E-state index contributed by atoms with van der Waals surface area (Å²) in [5, 5.41) is 10.0. The second kappa shape index (κ2) is 6.54. The van der Waals surface area contributed by atoms with E-state index < -0.39 is 0 Å². The van der Waals surface area contributed by atoms with Crippen molar-refractivity contribution in [3.63, 3.8) is 0 Å². The third kappa shape index (κ3) is 3.15. The smallest absolute Gasteiger partial charge is 0.254 e. The zero-order chi connectivity index (χ0) is 16.4. The average Bonchev–Trinajstić information content (AvgIpc) is 2.59. The molecule has 0 aliphatic heterocycles. The lowest BCUT2D eigenvalue weighted by molar-refractivity contribution is 0.0654. The van der Waals surface area contributed by atoms with Gasteiger partial charge in [0.05, 0.1) is 5.56 Å². The van der Waals surface area contributed by atoms with Gasteiger partial charge in [-0.25, -0.2) is 0 Å². The van der Waals surface area contributed by atoms with Gasteiger partial charge in [0, 0.05) is 36.7 Å². The Balaban J connectivity index is 1.87. The van der Waals surface area contributed by atoms with Crippen molar-refractivity contribution in [2.75, 3.05) is 13.7 Å². The van der Waals surface area contributed by atoms with Gasteiger partial charge in [0.25, 0.3) is 5.91 Å². The summed E-state index contributed by atoms with van der Waals surface area (Å²) in [5.74, 6) is 0.245. The van der Waals surface area contributed by atoms with E-state index in [0.717, 1.165) is 31.1 Å². The van der Waals surface area contributed by atoms with Crippen LogP contribution in [0.5, 0.6) is 0 Å². The summed E-state index contributed by atoms with van der Waals surface area (Å²) in [4.78, 5) is 29.2. The third-order valence-corrected chi connectivity index (χ3v) is 4.92. The number of amides is 1. The number of hydrogen-bond donors (Lipinski definition) is 2. The maximum Gasteiger partial charge on any atom is 0.254 e. The maximum absolute atomic E-state index is 12.9. The second-order valence-corrected chi connectivity index (χ2v) is 6.37. The van der Waals surface area contributed by atoms with Gasteiger partial charge in [-0.1, -0.05) is 18.2 Å². The number of hydrogen-bond acceptors (Lipinski definition) is 3. The predicted molar refractivity (Wildman–Crippen MR) is 89.5 cm³/mol. The lowest BCUT2D eigenvalue weighted by Gasteiger charge is -2.34. The number of para-hydroxylation sites is 1. The van der Waals surface area contributed by atoms with Crippen LogP contribution < -0.4 is 5.56 Å². The summed E-state index contributed by atoms with van der Waals surface area (Å²) in [6.07, 6.45) is 3.67. The minimum atomic E-state index is -0.260. The summed E-state index contributed by atoms with van der Waals surface area (Å²) in [5.41, 5.74) is 0.876. The Labute approximate surface area is 134 Å². The molecule has 0 unspecified atom stereocenters. The molecule has 2 N–H and O–H groups in total. The lowest BCUT2D eigenvalue weighted by Crippen LogP contribution is -2.40. The fourth-order valence-electron chi connectivity index (χ4n) is 3.45. The largest absolute Gasteiger partial charge is 0.396 e. The third-order valence-electron chi connectivity index (χ3n) is 4.92. The molecule has 0 atom stereocenters. The monoisotopic (exact) mass is 314 g/mol. The van der Waals surface area contributed by atoms with Crippen molar-refractivity contribution in [1.29, 1.82) is 0 Å². The van der Waals surface area contributed by atoms with Gasteiger partial charge in [-0.3, -0.25) is 9.59 Å².